The Kier molecular flexibility index (Phi) is 3.75. The quantitative estimate of drug-likeness (QED) is 0.903. The van der Waals surface area contributed by atoms with E-state index in [1.165, 1.54) is 0 Å². The molecule has 0 fully saturated rings. The topological polar surface area (TPSA) is 74.2 Å². The van der Waals surface area contributed by atoms with E-state index in [0.717, 1.165) is 36.2 Å². The molecule has 0 aliphatic carbocycles. The van der Waals surface area contributed by atoms with Gasteiger partial charge in [-0.25, -0.2) is 9.98 Å². The maximum atomic E-state index is 9.92. The molecule has 1 aliphatic rings. The van der Waals surface area contributed by atoms with Crippen LogP contribution in [0.3, 0.4) is 0 Å². The maximum Gasteiger partial charge on any atom is 0.237 e. The minimum atomic E-state index is 0.00504. The van der Waals surface area contributed by atoms with Gasteiger partial charge in [0.1, 0.15) is 11.5 Å². The highest BCUT2D eigenvalue weighted by molar-refractivity contribution is 6.31. The van der Waals surface area contributed by atoms with E-state index in [0.29, 0.717) is 16.5 Å². The molecule has 6 heteroatoms. The fourth-order valence-corrected chi connectivity index (χ4v) is 2.37. The Hall–Kier alpha value is -2.14. The lowest BCUT2D eigenvalue weighted by Gasteiger charge is -1.99. The van der Waals surface area contributed by atoms with Gasteiger partial charge in [-0.3, -0.25) is 0 Å². The van der Waals surface area contributed by atoms with Crippen molar-refractivity contribution in [2.75, 3.05) is 0 Å². The van der Waals surface area contributed by atoms with Crippen LogP contribution in [-0.2, 0) is 6.42 Å². The lowest BCUT2D eigenvalue weighted by atomic mass is 10.1. The summed E-state index contributed by atoms with van der Waals surface area (Å²) in [6.07, 6.45) is 8.03. The molecule has 0 saturated heterocycles. The number of aromatic amines is 1. The number of pyridine rings is 1. The van der Waals surface area contributed by atoms with E-state index in [2.05, 4.69) is 26.9 Å². The fraction of sp³-hybridized carbons (Fsp3) is 0.267. The maximum absolute atomic E-state index is 9.92. The summed E-state index contributed by atoms with van der Waals surface area (Å²) in [6, 6.07) is 1.81. The van der Waals surface area contributed by atoms with Crippen LogP contribution in [-0.4, -0.2) is 26.3 Å². The first-order chi connectivity index (χ1) is 10.2. The minimum absolute atomic E-state index is 0.00504. The third-order valence-electron chi connectivity index (χ3n) is 3.30. The number of unbranched alkanes of at least 4 members (excludes halogenated alkanes) is 1. The van der Waals surface area contributed by atoms with Gasteiger partial charge in [0, 0.05) is 30.0 Å². The van der Waals surface area contributed by atoms with Crippen molar-refractivity contribution in [3.63, 3.8) is 0 Å². The summed E-state index contributed by atoms with van der Waals surface area (Å²) in [5, 5.41) is 10.5. The van der Waals surface area contributed by atoms with E-state index < -0.39 is 0 Å². The van der Waals surface area contributed by atoms with E-state index in [1.807, 2.05) is 12.1 Å². The number of allylic oxidation sites excluding steroid dienone is 1. The van der Waals surface area contributed by atoms with Crippen molar-refractivity contribution in [3.05, 3.63) is 34.4 Å². The Labute approximate surface area is 127 Å². The summed E-state index contributed by atoms with van der Waals surface area (Å²) in [5.74, 6) is 1.43. The lowest BCUT2D eigenvalue weighted by Crippen LogP contribution is -1.87. The van der Waals surface area contributed by atoms with E-state index in [9.17, 15) is 5.11 Å². The number of aliphatic imine (C=N–C) groups is 1. The van der Waals surface area contributed by atoms with E-state index in [1.54, 1.807) is 12.4 Å². The molecular weight excluding hydrogens is 288 g/mol. The van der Waals surface area contributed by atoms with Crippen LogP contribution in [0.2, 0.25) is 5.02 Å². The number of nitrogens with zero attached hydrogens (tertiary/aromatic N) is 3. The molecular formula is C15H15ClN4O. The second-order valence-corrected chi connectivity index (χ2v) is 5.34. The van der Waals surface area contributed by atoms with Crippen molar-refractivity contribution in [3.8, 4) is 5.88 Å². The molecule has 0 bridgehead atoms. The number of rotatable bonds is 4. The van der Waals surface area contributed by atoms with Crippen LogP contribution in [0.25, 0.3) is 11.6 Å². The van der Waals surface area contributed by atoms with Crippen molar-refractivity contribution in [2.24, 2.45) is 4.99 Å². The SMILES string of the molecule is CCCCc1nc(O)c(/C=C2/C=Nc3ncc(Cl)cc32)[nH]1. The van der Waals surface area contributed by atoms with E-state index >= 15 is 0 Å². The number of hydrogen-bond acceptors (Lipinski definition) is 4. The lowest BCUT2D eigenvalue weighted by molar-refractivity contribution is 0.454. The second kappa shape index (κ2) is 5.69. The van der Waals surface area contributed by atoms with Gasteiger partial charge in [0.2, 0.25) is 5.88 Å². The molecule has 5 nitrogen and oxygen atoms in total. The van der Waals surface area contributed by atoms with E-state index in [-0.39, 0.29) is 5.88 Å². The van der Waals surface area contributed by atoms with Gasteiger partial charge in [-0.1, -0.05) is 24.9 Å². The Bertz CT molecular complexity index is 733. The van der Waals surface area contributed by atoms with Gasteiger partial charge in [-0.2, -0.15) is 4.98 Å². The van der Waals surface area contributed by atoms with Crippen LogP contribution in [0, 0.1) is 0 Å². The van der Waals surface area contributed by atoms with Gasteiger partial charge in [-0.15, -0.1) is 0 Å². The van der Waals surface area contributed by atoms with Crippen LogP contribution in [0.15, 0.2) is 17.3 Å². The molecule has 0 spiro atoms. The first kappa shape index (κ1) is 13.8. The predicted octanol–water partition coefficient (Wildman–Crippen LogP) is 3.76. The number of hydrogen-bond donors (Lipinski definition) is 2. The summed E-state index contributed by atoms with van der Waals surface area (Å²) < 4.78 is 0. The normalized spacial score (nSPS) is 14.9. The van der Waals surface area contributed by atoms with Gasteiger partial charge in [0.25, 0.3) is 0 Å². The Morgan fingerprint density at radius 2 is 2.29 bits per heavy atom. The Balaban J connectivity index is 1.92. The molecule has 0 radical (unpaired) electrons. The standard InChI is InChI=1S/C15H15ClN4O/c1-2-3-4-13-19-12(15(21)20-13)5-9-7-17-14-11(9)6-10(16)8-18-14/h5-8,21H,2-4H2,1H3,(H,19,20)/b9-5-. The number of imidazole rings is 1. The molecule has 2 N–H and O–H groups in total. The zero-order valence-corrected chi connectivity index (χ0v) is 12.4. The summed E-state index contributed by atoms with van der Waals surface area (Å²) in [5.41, 5.74) is 2.28. The average Bonchev–Trinajstić information content (AvgIpc) is 3.01. The third kappa shape index (κ3) is 2.83. The van der Waals surface area contributed by atoms with Crippen molar-refractivity contribution in [1.29, 1.82) is 0 Å². The highest BCUT2D eigenvalue weighted by Crippen LogP contribution is 2.33. The number of nitrogens with one attached hydrogen (secondary N) is 1. The van der Waals surface area contributed by atoms with Crippen LogP contribution >= 0.6 is 11.6 Å². The first-order valence-electron chi connectivity index (χ1n) is 6.87. The molecule has 108 valence electrons. The summed E-state index contributed by atoms with van der Waals surface area (Å²) >= 11 is 5.97. The van der Waals surface area contributed by atoms with E-state index in [4.69, 9.17) is 11.6 Å². The van der Waals surface area contributed by atoms with Gasteiger partial charge >= 0.3 is 0 Å². The van der Waals surface area contributed by atoms with Crippen LogP contribution in [0.5, 0.6) is 5.88 Å². The number of aromatic hydroxyl groups is 1. The Morgan fingerprint density at radius 3 is 3.10 bits per heavy atom. The molecule has 0 atom stereocenters. The number of H-pyrrole nitrogens is 1. The number of fused-ring (bicyclic) bond motifs is 1. The molecule has 0 unspecified atom stereocenters. The number of aryl methyl sites for hydroxylation is 1. The molecule has 1 aliphatic heterocycles. The minimum Gasteiger partial charge on any atom is -0.492 e. The molecule has 3 rings (SSSR count). The molecule has 0 amide bonds. The van der Waals surface area contributed by atoms with Crippen molar-refractivity contribution in [1.82, 2.24) is 15.0 Å². The van der Waals surface area contributed by atoms with Gasteiger partial charge in [0.15, 0.2) is 5.82 Å². The average molecular weight is 303 g/mol. The van der Waals surface area contributed by atoms with Gasteiger partial charge in [0.05, 0.1) is 5.02 Å². The van der Waals surface area contributed by atoms with Crippen molar-refractivity contribution < 1.29 is 5.11 Å². The molecule has 0 aromatic carbocycles. The van der Waals surface area contributed by atoms with Gasteiger partial charge < -0.3 is 10.1 Å². The van der Waals surface area contributed by atoms with Crippen LogP contribution in [0.1, 0.15) is 36.8 Å². The fourth-order valence-electron chi connectivity index (χ4n) is 2.21. The summed E-state index contributed by atoms with van der Waals surface area (Å²) in [7, 11) is 0. The molecule has 2 aromatic heterocycles. The van der Waals surface area contributed by atoms with Crippen LogP contribution in [0.4, 0.5) is 5.82 Å². The zero-order chi connectivity index (χ0) is 14.8. The number of aromatic nitrogens is 3. The number of halogens is 1. The molecule has 3 heterocycles. The zero-order valence-electron chi connectivity index (χ0n) is 11.6. The van der Waals surface area contributed by atoms with Crippen molar-refractivity contribution in [2.45, 2.75) is 26.2 Å². The highest BCUT2D eigenvalue weighted by atomic mass is 35.5. The molecule has 21 heavy (non-hydrogen) atoms. The highest BCUT2D eigenvalue weighted by Gasteiger charge is 2.16. The monoisotopic (exact) mass is 302 g/mol. The van der Waals surface area contributed by atoms with Gasteiger partial charge in [-0.05, 0) is 18.6 Å². The van der Waals surface area contributed by atoms with Crippen molar-refractivity contribution >= 4 is 35.3 Å². The first-order valence-corrected chi connectivity index (χ1v) is 7.24. The third-order valence-corrected chi connectivity index (χ3v) is 3.50. The van der Waals surface area contributed by atoms with Crippen LogP contribution < -0.4 is 0 Å². The predicted molar refractivity (Wildman–Crippen MR) is 84.1 cm³/mol. The largest absolute Gasteiger partial charge is 0.492 e. The summed E-state index contributed by atoms with van der Waals surface area (Å²) in [6.45, 7) is 2.12. The molecule has 2 aromatic rings. The Morgan fingerprint density at radius 1 is 1.43 bits per heavy atom. The second-order valence-electron chi connectivity index (χ2n) is 4.91. The smallest absolute Gasteiger partial charge is 0.237 e. The molecule has 0 saturated carbocycles. The summed E-state index contributed by atoms with van der Waals surface area (Å²) in [4.78, 5) is 15.7.